The summed E-state index contributed by atoms with van der Waals surface area (Å²) < 4.78 is 88.6. The monoisotopic (exact) mass is 608 g/mol. The number of likely N-dealkylation sites (tertiary alicyclic amines) is 1. The second-order valence-electron chi connectivity index (χ2n) is 9.70. The molecule has 5 rings (SSSR count). The standard InChI is InChI=1S/C24H26F6N6O2S2/c1-3-15-17(27)13(7-10(2)36(15)9-16(25)26)32-12-6-4-5-11-18(12)39-20(19(11)40-24(28,29)30)21-34-22(38-35-21)14-8-31-23(37)33-14/h4-6,10,13-17,32H,3,7-9H2,1-2H3,(H2,31,33,37)/t10-,13-,14-,15+,17-/m1/s1. The van der Waals surface area contributed by atoms with E-state index in [4.69, 9.17) is 4.52 Å². The van der Waals surface area contributed by atoms with Gasteiger partial charge in [-0.25, -0.2) is 18.0 Å². The number of rotatable bonds is 8. The first kappa shape index (κ1) is 28.8. The maximum atomic E-state index is 15.7. The highest BCUT2D eigenvalue weighted by Gasteiger charge is 2.42. The van der Waals surface area contributed by atoms with Crippen molar-refractivity contribution >= 4 is 44.9 Å². The Morgan fingerprint density at radius 2 is 2.10 bits per heavy atom. The number of carbonyl (C=O) groups excluding carboxylic acids is 1. The number of benzene rings is 1. The van der Waals surface area contributed by atoms with E-state index in [-0.39, 0.29) is 57.6 Å². The Bertz CT molecular complexity index is 1370. The first-order valence-corrected chi connectivity index (χ1v) is 14.2. The highest BCUT2D eigenvalue weighted by molar-refractivity contribution is 8.00. The topological polar surface area (TPSA) is 95.3 Å². The Morgan fingerprint density at radius 1 is 1.32 bits per heavy atom. The zero-order chi connectivity index (χ0) is 28.8. The molecule has 2 aliphatic heterocycles. The number of aromatic nitrogens is 2. The number of nitrogens with one attached hydrogen (secondary N) is 3. The lowest BCUT2D eigenvalue weighted by atomic mass is 9.88. The molecule has 0 spiro atoms. The Labute approximate surface area is 233 Å². The van der Waals surface area contributed by atoms with Crippen LogP contribution in [-0.4, -0.2) is 70.4 Å². The van der Waals surface area contributed by atoms with Gasteiger partial charge in [-0.3, -0.25) is 4.90 Å². The fraction of sp³-hybridized carbons (Fsp3) is 0.542. The van der Waals surface area contributed by atoms with E-state index in [1.54, 1.807) is 26.0 Å². The third kappa shape index (κ3) is 5.84. The van der Waals surface area contributed by atoms with Gasteiger partial charge in [0.25, 0.3) is 12.3 Å². The van der Waals surface area contributed by atoms with E-state index in [9.17, 15) is 26.7 Å². The lowest BCUT2D eigenvalue weighted by Gasteiger charge is -2.46. The SMILES string of the molecule is CC[C@H]1[C@H](F)[C@H](Nc2cccc3c(SC(F)(F)F)c(-c4noc([C@H]5CNC(=O)N5)n4)sc23)C[C@@H](C)N1CC(F)F. The normalized spacial score (nSPS) is 25.9. The molecule has 218 valence electrons. The molecule has 0 bridgehead atoms. The predicted molar refractivity (Wildman–Crippen MR) is 139 cm³/mol. The van der Waals surface area contributed by atoms with Crippen LogP contribution in [0.3, 0.4) is 0 Å². The number of thioether (sulfide) groups is 1. The van der Waals surface area contributed by atoms with Crippen molar-refractivity contribution in [1.29, 1.82) is 0 Å². The Kier molecular flexibility index (Phi) is 8.12. The molecule has 16 heteroatoms. The molecule has 0 aliphatic carbocycles. The number of halogens is 6. The van der Waals surface area contributed by atoms with Crippen LogP contribution in [0, 0.1) is 0 Å². The lowest BCUT2D eigenvalue weighted by molar-refractivity contribution is -0.0327. The maximum absolute atomic E-state index is 15.7. The molecule has 0 unspecified atom stereocenters. The van der Waals surface area contributed by atoms with Crippen molar-refractivity contribution in [3.63, 3.8) is 0 Å². The number of hydrogen-bond donors (Lipinski definition) is 3. The quantitative estimate of drug-likeness (QED) is 0.208. The van der Waals surface area contributed by atoms with Crippen LogP contribution >= 0.6 is 23.1 Å². The molecule has 0 radical (unpaired) electrons. The van der Waals surface area contributed by atoms with E-state index in [0.29, 0.717) is 16.8 Å². The van der Waals surface area contributed by atoms with E-state index in [1.807, 2.05) is 0 Å². The number of fused-ring (bicyclic) bond motifs is 1. The number of carbonyl (C=O) groups is 1. The van der Waals surface area contributed by atoms with Gasteiger partial charge in [0.05, 0.1) is 27.9 Å². The third-order valence-electron chi connectivity index (χ3n) is 7.05. The number of amides is 2. The van der Waals surface area contributed by atoms with Gasteiger partial charge in [-0.1, -0.05) is 24.2 Å². The van der Waals surface area contributed by atoms with Gasteiger partial charge >= 0.3 is 11.5 Å². The largest absolute Gasteiger partial charge is 0.446 e. The molecule has 0 saturated carbocycles. The van der Waals surface area contributed by atoms with Crippen LogP contribution in [-0.2, 0) is 0 Å². The minimum Gasteiger partial charge on any atom is -0.378 e. The number of hydrogen-bond acceptors (Lipinski definition) is 8. The highest BCUT2D eigenvalue weighted by Crippen LogP contribution is 2.51. The van der Waals surface area contributed by atoms with Crippen molar-refractivity contribution < 1.29 is 35.7 Å². The van der Waals surface area contributed by atoms with Gasteiger partial charge in [0.2, 0.25) is 5.82 Å². The summed E-state index contributed by atoms with van der Waals surface area (Å²) in [4.78, 5) is 17.2. The van der Waals surface area contributed by atoms with Gasteiger partial charge < -0.3 is 20.5 Å². The molecule has 2 aliphatic rings. The lowest BCUT2D eigenvalue weighted by Crippen LogP contribution is -2.59. The number of nitrogens with zero attached hydrogens (tertiary/aromatic N) is 3. The maximum Gasteiger partial charge on any atom is 0.446 e. The molecule has 3 aromatic rings. The highest BCUT2D eigenvalue weighted by atomic mass is 32.2. The van der Waals surface area contributed by atoms with Crippen molar-refractivity contribution in [2.45, 2.75) is 73.9 Å². The Hall–Kier alpha value is -2.72. The summed E-state index contributed by atoms with van der Waals surface area (Å²) in [7, 11) is 0. The van der Waals surface area contributed by atoms with Crippen molar-refractivity contribution in [1.82, 2.24) is 25.7 Å². The summed E-state index contributed by atoms with van der Waals surface area (Å²) in [6.45, 7) is 3.17. The van der Waals surface area contributed by atoms with Crippen molar-refractivity contribution in [2.24, 2.45) is 0 Å². The smallest absolute Gasteiger partial charge is 0.378 e. The van der Waals surface area contributed by atoms with Gasteiger partial charge in [-0.15, -0.1) is 11.3 Å². The molecule has 2 aromatic heterocycles. The minimum absolute atomic E-state index is 0.0440. The summed E-state index contributed by atoms with van der Waals surface area (Å²) in [6, 6.07) is 1.91. The van der Waals surface area contributed by atoms with Gasteiger partial charge in [0.1, 0.15) is 12.2 Å². The molecule has 40 heavy (non-hydrogen) atoms. The Morgan fingerprint density at radius 3 is 2.75 bits per heavy atom. The van der Waals surface area contributed by atoms with Crippen LogP contribution in [0.1, 0.15) is 38.6 Å². The van der Waals surface area contributed by atoms with E-state index in [1.165, 1.54) is 11.0 Å². The van der Waals surface area contributed by atoms with E-state index in [0.717, 1.165) is 11.3 Å². The molecular formula is C24H26F6N6O2S2. The van der Waals surface area contributed by atoms with Gasteiger partial charge in [-0.05, 0) is 37.6 Å². The van der Waals surface area contributed by atoms with Crippen LogP contribution in [0.15, 0.2) is 27.6 Å². The second kappa shape index (κ2) is 11.3. The van der Waals surface area contributed by atoms with Gasteiger partial charge in [0.15, 0.2) is 0 Å². The summed E-state index contributed by atoms with van der Waals surface area (Å²) in [5, 5.41) is 12.4. The van der Waals surface area contributed by atoms with Crippen LogP contribution in [0.25, 0.3) is 20.8 Å². The summed E-state index contributed by atoms with van der Waals surface area (Å²) in [5.41, 5.74) is -4.20. The summed E-state index contributed by atoms with van der Waals surface area (Å²) in [6.07, 6.45) is -3.51. The average Bonchev–Trinajstić information content (AvgIpc) is 3.61. The third-order valence-corrected chi connectivity index (χ3v) is 9.27. The number of urea groups is 1. The van der Waals surface area contributed by atoms with E-state index in [2.05, 4.69) is 26.1 Å². The molecule has 1 aromatic carbocycles. The molecule has 5 atom stereocenters. The van der Waals surface area contributed by atoms with Crippen molar-refractivity contribution in [3.05, 3.63) is 24.1 Å². The van der Waals surface area contributed by atoms with Crippen LogP contribution < -0.4 is 16.0 Å². The van der Waals surface area contributed by atoms with E-state index >= 15 is 4.39 Å². The first-order chi connectivity index (χ1) is 18.9. The molecule has 2 saturated heterocycles. The van der Waals surface area contributed by atoms with E-state index < -0.39 is 48.8 Å². The number of piperidine rings is 1. The summed E-state index contributed by atoms with van der Waals surface area (Å²) in [5.74, 6) is -0.0269. The molecule has 3 N–H and O–H groups in total. The molecule has 4 heterocycles. The zero-order valence-corrected chi connectivity index (χ0v) is 22.9. The second-order valence-corrected chi connectivity index (χ2v) is 11.8. The molecule has 8 nitrogen and oxygen atoms in total. The molecular weight excluding hydrogens is 582 g/mol. The average molecular weight is 609 g/mol. The van der Waals surface area contributed by atoms with Crippen LogP contribution in [0.4, 0.5) is 36.8 Å². The first-order valence-electron chi connectivity index (χ1n) is 12.6. The number of alkyl halides is 6. The minimum atomic E-state index is -4.62. The Balaban J connectivity index is 1.50. The molecule has 2 fully saturated rings. The fourth-order valence-electron chi connectivity index (χ4n) is 5.33. The molecule has 2 amide bonds. The predicted octanol–water partition coefficient (Wildman–Crippen LogP) is 6.17. The van der Waals surface area contributed by atoms with Crippen molar-refractivity contribution in [3.8, 4) is 10.7 Å². The summed E-state index contributed by atoms with van der Waals surface area (Å²) >= 11 is 0.697. The number of anilines is 1. The number of thiophene rings is 1. The van der Waals surface area contributed by atoms with Gasteiger partial charge in [-0.2, -0.15) is 18.2 Å². The fourth-order valence-corrected chi connectivity index (χ4v) is 7.44. The zero-order valence-electron chi connectivity index (χ0n) is 21.3. The van der Waals surface area contributed by atoms with Crippen molar-refractivity contribution in [2.75, 3.05) is 18.4 Å². The van der Waals surface area contributed by atoms with Gasteiger partial charge in [0, 0.05) is 28.9 Å². The van der Waals surface area contributed by atoms with Crippen LogP contribution in [0.5, 0.6) is 0 Å². The van der Waals surface area contributed by atoms with Crippen LogP contribution in [0.2, 0.25) is 0 Å².